The Morgan fingerprint density at radius 3 is 2.13 bits per heavy atom. The van der Waals surface area contributed by atoms with E-state index in [9.17, 15) is 9.59 Å². The van der Waals surface area contributed by atoms with E-state index >= 15 is 0 Å². The van der Waals surface area contributed by atoms with Gasteiger partial charge in [-0.3, -0.25) is 9.59 Å². The maximum atomic E-state index is 13.2. The summed E-state index contributed by atoms with van der Waals surface area (Å²) in [5.41, 5.74) is 0.945. The number of amides is 2. The molecule has 0 saturated heterocycles. The highest BCUT2D eigenvalue weighted by atomic mass is 16.5. The van der Waals surface area contributed by atoms with E-state index in [1.54, 1.807) is 37.3 Å². The minimum absolute atomic E-state index is 0.156. The monoisotopic (exact) mass is 428 g/mol. The van der Waals surface area contributed by atoms with Crippen molar-refractivity contribution in [2.45, 2.75) is 39.3 Å². The summed E-state index contributed by atoms with van der Waals surface area (Å²) in [6.45, 7) is 4.58. The highest BCUT2D eigenvalue weighted by Crippen LogP contribution is 2.27. The molecule has 0 aliphatic rings. The summed E-state index contributed by atoms with van der Waals surface area (Å²) in [5, 5.41) is 2.90. The Morgan fingerprint density at radius 1 is 0.968 bits per heavy atom. The van der Waals surface area contributed by atoms with Crippen LogP contribution in [0.4, 0.5) is 0 Å². The highest BCUT2D eigenvalue weighted by molar-refractivity contribution is 5.88. The molecule has 0 unspecified atom stereocenters. The molecule has 0 radical (unpaired) electrons. The van der Waals surface area contributed by atoms with Crippen LogP contribution in [0.1, 0.15) is 32.3 Å². The molecule has 31 heavy (non-hydrogen) atoms. The molecule has 0 bridgehead atoms. The van der Waals surface area contributed by atoms with Gasteiger partial charge < -0.3 is 24.4 Å². The maximum Gasteiger partial charge on any atom is 0.261 e. The predicted octanol–water partition coefficient (Wildman–Crippen LogP) is 3.42. The highest BCUT2D eigenvalue weighted by Gasteiger charge is 2.28. The minimum Gasteiger partial charge on any atom is -0.496 e. The van der Waals surface area contributed by atoms with Gasteiger partial charge in [0.05, 0.1) is 14.2 Å². The molecular weight excluding hydrogens is 396 g/mol. The van der Waals surface area contributed by atoms with Gasteiger partial charge in [-0.05, 0) is 18.4 Å². The van der Waals surface area contributed by atoms with Crippen molar-refractivity contribution in [3.8, 4) is 17.2 Å². The number of ether oxygens (including phenoxy) is 3. The van der Waals surface area contributed by atoms with Crippen molar-refractivity contribution in [3.05, 3.63) is 54.1 Å². The largest absolute Gasteiger partial charge is 0.496 e. The summed E-state index contributed by atoms with van der Waals surface area (Å²) in [6.07, 6.45) is 1.33. The van der Waals surface area contributed by atoms with Gasteiger partial charge in [0.25, 0.3) is 5.91 Å². The van der Waals surface area contributed by atoms with Crippen LogP contribution in [0.25, 0.3) is 0 Å². The van der Waals surface area contributed by atoms with Crippen LogP contribution in [-0.2, 0) is 16.1 Å². The lowest BCUT2D eigenvalue weighted by molar-refractivity contribution is -0.143. The lowest BCUT2D eigenvalue weighted by atomic mass is 10.1. The topological polar surface area (TPSA) is 77.1 Å². The molecule has 1 atom stereocenters. The fourth-order valence-corrected chi connectivity index (χ4v) is 3.16. The molecule has 1 N–H and O–H groups in total. The molecule has 0 spiro atoms. The molecule has 2 amide bonds. The van der Waals surface area contributed by atoms with E-state index in [1.165, 1.54) is 0 Å². The molecule has 0 heterocycles. The average molecular weight is 429 g/mol. The maximum absolute atomic E-state index is 13.2. The van der Waals surface area contributed by atoms with Gasteiger partial charge in [-0.2, -0.15) is 0 Å². The van der Waals surface area contributed by atoms with E-state index in [4.69, 9.17) is 14.2 Å². The fourth-order valence-electron chi connectivity index (χ4n) is 3.16. The summed E-state index contributed by atoms with van der Waals surface area (Å²) in [6, 6.07) is 14.1. The van der Waals surface area contributed by atoms with E-state index in [0.29, 0.717) is 36.8 Å². The minimum atomic E-state index is -0.581. The molecule has 0 aromatic heterocycles. The van der Waals surface area contributed by atoms with Crippen LogP contribution in [-0.4, -0.2) is 50.1 Å². The predicted molar refractivity (Wildman–Crippen MR) is 119 cm³/mol. The lowest BCUT2D eigenvalue weighted by Gasteiger charge is -2.30. The zero-order valence-electron chi connectivity index (χ0n) is 18.7. The number of carbonyl (C=O) groups is 2. The smallest absolute Gasteiger partial charge is 0.261 e. The number of methoxy groups -OCH3 is 2. The zero-order valence-corrected chi connectivity index (χ0v) is 18.7. The first-order valence-corrected chi connectivity index (χ1v) is 10.5. The van der Waals surface area contributed by atoms with Crippen molar-refractivity contribution in [2.75, 3.05) is 27.4 Å². The van der Waals surface area contributed by atoms with Gasteiger partial charge in [0.1, 0.15) is 23.3 Å². The first kappa shape index (κ1) is 24.1. The Balaban J connectivity index is 2.19. The molecule has 0 fully saturated rings. The molecule has 168 valence electrons. The summed E-state index contributed by atoms with van der Waals surface area (Å²) < 4.78 is 16.2. The number of rotatable bonds is 12. The van der Waals surface area contributed by atoms with Crippen LogP contribution in [0.3, 0.4) is 0 Å². The fraction of sp³-hybridized carbons (Fsp3) is 0.417. The van der Waals surface area contributed by atoms with E-state index < -0.39 is 6.04 Å². The molecule has 0 aliphatic carbocycles. The Morgan fingerprint density at radius 2 is 1.58 bits per heavy atom. The third kappa shape index (κ3) is 7.20. The Labute approximate surface area is 184 Å². The zero-order chi connectivity index (χ0) is 22.6. The molecule has 2 rings (SSSR count). The van der Waals surface area contributed by atoms with E-state index in [0.717, 1.165) is 12.0 Å². The SMILES string of the molecule is CCCNC(=O)[C@H](CC)N(Cc1ccccc1)C(=O)COc1cc(OC)cc(OC)c1. The number of hydrogen-bond acceptors (Lipinski definition) is 5. The summed E-state index contributed by atoms with van der Waals surface area (Å²) in [5.74, 6) is 1.15. The summed E-state index contributed by atoms with van der Waals surface area (Å²) in [4.78, 5) is 27.5. The first-order chi connectivity index (χ1) is 15.0. The molecule has 2 aromatic rings. The summed E-state index contributed by atoms with van der Waals surface area (Å²) in [7, 11) is 3.10. The Bertz CT molecular complexity index is 819. The second-order valence-electron chi connectivity index (χ2n) is 7.06. The third-order valence-corrected chi connectivity index (χ3v) is 4.82. The van der Waals surface area contributed by atoms with E-state index in [1.807, 2.05) is 44.2 Å². The van der Waals surface area contributed by atoms with Crippen LogP contribution < -0.4 is 19.5 Å². The Hall–Kier alpha value is -3.22. The van der Waals surface area contributed by atoms with Crippen LogP contribution in [0.5, 0.6) is 17.2 Å². The standard InChI is InChI=1S/C24H32N2O5/c1-5-12-25-24(28)22(6-2)26(16-18-10-8-7-9-11-18)23(27)17-31-21-14-19(29-3)13-20(15-21)30-4/h7-11,13-15,22H,5-6,12,16-17H2,1-4H3,(H,25,28)/t22-/m0/s1. The van der Waals surface area contributed by atoms with Gasteiger partial charge in [-0.25, -0.2) is 0 Å². The normalized spacial score (nSPS) is 11.4. The number of carbonyl (C=O) groups excluding carboxylic acids is 2. The van der Waals surface area contributed by atoms with Crippen LogP contribution in [0.15, 0.2) is 48.5 Å². The molecule has 0 saturated carbocycles. The van der Waals surface area contributed by atoms with Gasteiger partial charge in [0.2, 0.25) is 5.91 Å². The van der Waals surface area contributed by atoms with Crippen molar-refractivity contribution in [1.82, 2.24) is 10.2 Å². The molecule has 0 aliphatic heterocycles. The second kappa shape index (κ2) is 12.5. The second-order valence-corrected chi connectivity index (χ2v) is 7.06. The Kier molecular flexibility index (Phi) is 9.68. The number of benzene rings is 2. The van der Waals surface area contributed by atoms with Crippen molar-refractivity contribution in [1.29, 1.82) is 0 Å². The van der Waals surface area contributed by atoms with Crippen molar-refractivity contribution in [3.63, 3.8) is 0 Å². The third-order valence-electron chi connectivity index (χ3n) is 4.82. The van der Waals surface area contributed by atoms with Crippen LogP contribution in [0.2, 0.25) is 0 Å². The van der Waals surface area contributed by atoms with E-state index in [2.05, 4.69) is 5.32 Å². The first-order valence-electron chi connectivity index (χ1n) is 10.5. The van der Waals surface area contributed by atoms with E-state index in [-0.39, 0.29) is 18.4 Å². The summed E-state index contributed by atoms with van der Waals surface area (Å²) >= 11 is 0. The van der Waals surface area contributed by atoms with Gasteiger partial charge in [-0.15, -0.1) is 0 Å². The van der Waals surface area contributed by atoms with Gasteiger partial charge in [0, 0.05) is 31.3 Å². The van der Waals surface area contributed by atoms with Crippen LogP contribution in [0, 0.1) is 0 Å². The number of hydrogen-bond donors (Lipinski definition) is 1. The van der Waals surface area contributed by atoms with Crippen molar-refractivity contribution >= 4 is 11.8 Å². The molecule has 7 nitrogen and oxygen atoms in total. The van der Waals surface area contributed by atoms with Crippen LogP contribution >= 0.6 is 0 Å². The van der Waals surface area contributed by atoms with Gasteiger partial charge in [-0.1, -0.05) is 44.2 Å². The molecular formula is C24H32N2O5. The van der Waals surface area contributed by atoms with Crippen molar-refractivity contribution in [2.24, 2.45) is 0 Å². The molecule has 2 aromatic carbocycles. The van der Waals surface area contributed by atoms with Crippen molar-refractivity contribution < 1.29 is 23.8 Å². The number of nitrogens with one attached hydrogen (secondary N) is 1. The lowest BCUT2D eigenvalue weighted by Crippen LogP contribution is -2.50. The van der Waals surface area contributed by atoms with Gasteiger partial charge >= 0.3 is 0 Å². The average Bonchev–Trinajstić information content (AvgIpc) is 2.81. The number of nitrogens with zero attached hydrogens (tertiary/aromatic N) is 1. The quantitative estimate of drug-likeness (QED) is 0.561. The molecule has 7 heteroatoms. The van der Waals surface area contributed by atoms with Gasteiger partial charge in [0.15, 0.2) is 6.61 Å².